The maximum atomic E-state index is 13.7. The summed E-state index contributed by atoms with van der Waals surface area (Å²) in [7, 11) is -1.86. The number of halogens is 1. The van der Waals surface area contributed by atoms with Crippen LogP contribution in [0, 0.1) is 11.7 Å². The molecule has 1 aliphatic heterocycles. The number of nitrogens with one attached hydrogen (secondary N) is 1. The normalized spacial score (nSPS) is 24.2. The average Bonchev–Trinajstić information content (AvgIpc) is 2.44. The second kappa shape index (κ2) is 6.42. The molecule has 1 saturated heterocycles. The molecule has 1 fully saturated rings. The minimum atomic E-state index is -3.56. The standard InChI is InChI=1S/C15H23FN2O2S/c1-11-4-5-12(2)18(10-11)21(19,20)14-6-7-15(16)13(8-14)9-17-3/h6-8,11-12,17H,4-5,9-10H2,1-3H3. The van der Waals surface area contributed by atoms with E-state index in [9.17, 15) is 12.8 Å². The summed E-state index contributed by atoms with van der Waals surface area (Å²) in [5, 5.41) is 2.85. The molecule has 0 radical (unpaired) electrons. The number of nitrogens with zero attached hydrogens (tertiary/aromatic N) is 1. The summed E-state index contributed by atoms with van der Waals surface area (Å²) in [5.41, 5.74) is 0.372. The van der Waals surface area contributed by atoms with E-state index in [-0.39, 0.29) is 16.8 Å². The van der Waals surface area contributed by atoms with Gasteiger partial charge in [0, 0.05) is 24.7 Å². The molecule has 2 unspecified atom stereocenters. The Morgan fingerprint density at radius 2 is 2.05 bits per heavy atom. The van der Waals surface area contributed by atoms with Gasteiger partial charge in [0.1, 0.15) is 5.82 Å². The summed E-state index contributed by atoms with van der Waals surface area (Å²) in [6.45, 7) is 4.83. The van der Waals surface area contributed by atoms with Crippen LogP contribution in [0.25, 0.3) is 0 Å². The quantitative estimate of drug-likeness (QED) is 0.928. The third-order valence-corrected chi connectivity index (χ3v) is 6.03. The predicted molar refractivity (Wildman–Crippen MR) is 80.9 cm³/mol. The van der Waals surface area contributed by atoms with Gasteiger partial charge in [-0.2, -0.15) is 4.31 Å². The number of benzene rings is 1. The molecule has 1 aromatic carbocycles. The smallest absolute Gasteiger partial charge is 0.243 e. The molecule has 0 amide bonds. The maximum absolute atomic E-state index is 13.7. The van der Waals surface area contributed by atoms with Gasteiger partial charge in [0.2, 0.25) is 10.0 Å². The summed E-state index contributed by atoms with van der Waals surface area (Å²) < 4.78 is 40.8. The molecule has 0 saturated carbocycles. The summed E-state index contributed by atoms with van der Waals surface area (Å²) in [5.74, 6) is -0.0310. The van der Waals surface area contributed by atoms with Crippen LogP contribution < -0.4 is 5.32 Å². The van der Waals surface area contributed by atoms with Crippen LogP contribution in [-0.2, 0) is 16.6 Å². The Kier molecular flexibility index (Phi) is 5.01. The van der Waals surface area contributed by atoms with E-state index >= 15 is 0 Å². The van der Waals surface area contributed by atoms with Crippen LogP contribution in [0.2, 0.25) is 0 Å². The number of rotatable bonds is 4. The van der Waals surface area contributed by atoms with E-state index in [0.29, 0.717) is 24.6 Å². The lowest BCUT2D eigenvalue weighted by Crippen LogP contribution is -2.44. The topological polar surface area (TPSA) is 49.4 Å². The lowest BCUT2D eigenvalue weighted by atomic mass is 9.97. The second-order valence-corrected chi connectivity index (χ2v) is 7.78. The molecule has 2 rings (SSSR count). The zero-order valence-corrected chi connectivity index (χ0v) is 13.6. The number of sulfonamides is 1. The molecule has 4 nitrogen and oxygen atoms in total. The minimum Gasteiger partial charge on any atom is -0.316 e. The molecule has 0 aromatic heterocycles. The maximum Gasteiger partial charge on any atom is 0.243 e. The van der Waals surface area contributed by atoms with Gasteiger partial charge in [0.25, 0.3) is 0 Å². The summed E-state index contributed by atoms with van der Waals surface area (Å²) in [6.07, 6.45) is 1.91. The SMILES string of the molecule is CNCc1cc(S(=O)(=O)N2CC(C)CCC2C)ccc1F. The molecule has 0 bridgehead atoms. The Hall–Kier alpha value is -0.980. The highest BCUT2D eigenvalue weighted by Crippen LogP contribution is 2.28. The highest BCUT2D eigenvalue weighted by atomic mass is 32.2. The number of piperidine rings is 1. The molecule has 1 N–H and O–H groups in total. The molecule has 6 heteroatoms. The van der Waals surface area contributed by atoms with Gasteiger partial charge in [0.05, 0.1) is 4.90 Å². The summed E-state index contributed by atoms with van der Waals surface area (Å²) in [6, 6.07) is 4.02. The van der Waals surface area contributed by atoms with E-state index in [4.69, 9.17) is 0 Å². The van der Waals surface area contributed by atoms with Crippen LogP contribution in [-0.4, -0.2) is 32.4 Å². The zero-order chi connectivity index (χ0) is 15.6. The van der Waals surface area contributed by atoms with Gasteiger partial charge in [-0.1, -0.05) is 6.92 Å². The van der Waals surface area contributed by atoms with E-state index < -0.39 is 10.0 Å². The van der Waals surface area contributed by atoms with Gasteiger partial charge in [0.15, 0.2) is 0 Å². The molecular weight excluding hydrogens is 291 g/mol. The Labute approximate surface area is 126 Å². The van der Waals surface area contributed by atoms with Crippen LogP contribution in [0.15, 0.2) is 23.1 Å². The van der Waals surface area contributed by atoms with E-state index in [2.05, 4.69) is 12.2 Å². The number of hydrogen-bond acceptors (Lipinski definition) is 3. The lowest BCUT2D eigenvalue weighted by molar-refractivity contribution is 0.218. The molecule has 21 heavy (non-hydrogen) atoms. The van der Waals surface area contributed by atoms with E-state index in [1.807, 2.05) is 6.92 Å². The molecule has 0 aliphatic carbocycles. The fraction of sp³-hybridized carbons (Fsp3) is 0.600. The van der Waals surface area contributed by atoms with Crippen molar-refractivity contribution in [2.75, 3.05) is 13.6 Å². The van der Waals surface area contributed by atoms with Gasteiger partial charge in [-0.3, -0.25) is 0 Å². The third kappa shape index (κ3) is 3.44. The van der Waals surface area contributed by atoms with Gasteiger partial charge >= 0.3 is 0 Å². The third-order valence-electron chi connectivity index (χ3n) is 4.05. The molecule has 2 atom stereocenters. The largest absolute Gasteiger partial charge is 0.316 e. The molecular formula is C15H23FN2O2S. The van der Waals surface area contributed by atoms with Crippen molar-refractivity contribution < 1.29 is 12.8 Å². The zero-order valence-electron chi connectivity index (χ0n) is 12.8. The summed E-state index contributed by atoms with van der Waals surface area (Å²) in [4.78, 5) is 0.176. The first-order valence-corrected chi connectivity index (χ1v) is 8.75. The van der Waals surface area contributed by atoms with Crippen molar-refractivity contribution in [1.29, 1.82) is 0 Å². The molecule has 0 spiro atoms. The van der Waals surface area contributed by atoms with Crippen LogP contribution >= 0.6 is 0 Å². The first kappa shape index (κ1) is 16.4. The summed E-state index contributed by atoms with van der Waals surface area (Å²) >= 11 is 0. The first-order chi connectivity index (χ1) is 9.86. The van der Waals surface area contributed by atoms with Gasteiger partial charge < -0.3 is 5.32 Å². The van der Waals surface area contributed by atoms with E-state index in [1.54, 1.807) is 11.4 Å². The highest BCUT2D eigenvalue weighted by molar-refractivity contribution is 7.89. The van der Waals surface area contributed by atoms with Crippen molar-refractivity contribution in [1.82, 2.24) is 9.62 Å². The van der Waals surface area contributed by atoms with Gasteiger partial charge in [-0.15, -0.1) is 0 Å². The fourth-order valence-corrected chi connectivity index (χ4v) is 4.59. The highest BCUT2D eigenvalue weighted by Gasteiger charge is 2.33. The van der Waals surface area contributed by atoms with Crippen LogP contribution in [0.5, 0.6) is 0 Å². The number of hydrogen-bond donors (Lipinski definition) is 1. The van der Waals surface area contributed by atoms with Crippen LogP contribution in [0.3, 0.4) is 0 Å². The van der Waals surface area contributed by atoms with E-state index in [1.165, 1.54) is 18.2 Å². The molecule has 118 valence electrons. The van der Waals surface area contributed by atoms with Crippen molar-refractivity contribution in [3.8, 4) is 0 Å². The van der Waals surface area contributed by atoms with Crippen LogP contribution in [0.4, 0.5) is 4.39 Å². The Morgan fingerprint density at radius 3 is 2.71 bits per heavy atom. The lowest BCUT2D eigenvalue weighted by Gasteiger charge is -2.35. The minimum absolute atomic E-state index is 0.0102. The Bertz CT molecular complexity index is 604. The first-order valence-electron chi connectivity index (χ1n) is 7.31. The van der Waals surface area contributed by atoms with Gasteiger partial charge in [-0.25, -0.2) is 12.8 Å². The predicted octanol–water partition coefficient (Wildman–Crippen LogP) is 2.35. The second-order valence-electron chi connectivity index (χ2n) is 5.89. The van der Waals surface area contributed by atoms with Crippen molar-refractivity contribution in [2.24, 2.45) is 5.92 Å². The average molecular weight is 314 g/mol. The molecule has 1 heterocycles. The Balaban J connectivity index is 2.36. The van der Waals surface area contributed by atoms with Gasteiger partial charge in [-0.05, 0) is 50.9 Å². The fourth-order valence-electron chi connectivity index (χ4n) is 2.76. The van der Waals surface area contributed by atoms with Crippen molar-refractivity contribution in [2.45, 2.75) is 44.2 Å². The van der Waals surface area contributed by atoms with E-state index in [0.717, 1.165) is 12.8 Å². The monoisotopic (exact) mass is 314 g/mol. The van der Waals surface area contributed by atoms with Crippen molar-refractivity contribution >= 4 is 10.0 Å². The molecule has 1 aromatic rings. The molecule has 1 aliphatic rings. The van der Waals surface area contributed by atoms with Crippen molar-refractivity contribution in [3.63, 3.8) is 0 Å². The van der Waals surface area contributed by atoms with Crippen molar-refractivity contribution in [3.05, 3.63) is 29.6 Å². The van der Waals surface area contributed by atoms with Crippen LogP contribution in [0.1, 0.15) is 32.3 Å². The Morgan fingerprint density at radius 1 is 1.33 bits per heavy atom.